The van der Waals surface area contributed by atoms with Crippen LogP contribution in [0.3, 0.4) is 0 Å². The topological polar surface area (TPSA) is 194 Å². The van der Waals surface area contributed by atoms with E-state index in [4.69, 9.17) is 10.5 Å². The predicted molar refractivity (Wildman–Crippen MR) is 171 cm³/mol. The van der Waals surface area contributed by atoms with Gasteiger partial charge in [-0.1, -0.05) is 26.0 Å². The molecule has 6 amide bonds. The molecule has 1 heterocycles. The minimum Gasteiger partial charge on any atom is -0.460 e. The number of amides is 6. The highest BCUT2D eigenvalue weighted by molar-refractivity contribution is 6.12. The number of unbranched alkanes of at least 4 members (excludes halogenated alkanes) is 1. The van der Waals surface area contributed by atoms with Crippen molar-refractivity contribution in [3.05, 3.63) is 42.0 Å². The number of benzene rings is 1. The molecule has 0 bridgehead atoms. The number of hydrogen-bond acceptors (Lipinski definition) is 8. The number of Topliss-reactive ketones (excluding diaryl/α,β-unsaturated/α-hetero) is 1. The van der Waals surface area contributed by atoms with E-state index in [9.17, 15) is 33.6 Å². The van der Waals surface area contributed by atoms with Gasteiger partial charge in [-0.05, 0) is 70.1 Å². The molecule has 1 aromatic carbocycles. The van der Waals surface area contributed by atoms with Crippen molar-refractivity contribution in [3.8, 4) is 0 Å². The Morgan fingerprint density at radius 3 is 2.13 bits per heavy atom. The van der Waals surface area contributed by atoms with E-state index in [2.05, 4.69) is 16.0 Å². The molecule has 2 rings (SSSR count). The lowest BCUT2D eigenvalue weighted by molar-refractivity contribution is -0.154. The fraction of sp³-hybridized carbons (Fsp3) is 0.545. The van der Waals surface area contributed by atoms with Gasteiger partial charge in [-0.15, -0.1) is 0 Å². The van der Waals surface area contributed by atoms with Gasteiger partial charge in [0.25, 0.3) is 11.8 Å². The fourth-order valence-electron chi connectivity index (χ4n) is 4.62. The van der Waals surface area contributed by atoms with E-state index in [1.807, 2.05) is 0 Å². The van der Waals surface area contributed by atoms with Crippen LogP contribution in [0.1, 0.15) is 78.7 Å². The maximum atomic E-state index is 13.4. The molecule has 0 aromatic heterocycles. The summed E-state index contributed by atoms with van der Waals surface area (Å²) in [6, 6.07) is 5.29. The number of carbonyl (C=O) groups is 7. The molecule has 1 aromatic rings. The number of carbonyl (C=O) groups excluding carboxylic acids is 7. The summed E-state index contributed by atoms with van der Waals surface area (Å²) in [6.45, 7) is 9.42. The molecule has 1 aliphatic heterocycles. The molecule has 0 fully saturated rings. The number of hydrogen-bond donors (Lipinski definition) is 4. The van der Waals surface area contributed by atoms with Gasteiger partial charge < -0.3 is 26.4 Å². The van der Waals surface area contributed by atoms with E-state index in [1.165, 1.54) is 12.2 Å². The highest BCUT2D eigenvalue weighted by Crippen LogP contribution is 2.21. The average molecular weight is 642 g/mol. The van der Waals surface area contributed by atoms with Crippen LogP contribution in [0.5, 0.6) is 0 Å². The van der Waals surface area contributed by atoms with Gasteiger partial charge in [0, 0.05) is 49.7 Å². The predicted octanol–water partition coefficient (Wildman–Crippen LogP) is 2.97. The maximum Gasteiger partial charge on any atom is 0.312 e. The first-order valence-corrected chi connectivity index (χ1v) is 15.5. The summed E-state index contributed by atoms with van der Waals surface area (Å²) in [6.07, 6.45) is 3.91. The molecule has 0 saturated carbocycles. The zero-order chi connectivity index (χ0) is 34.4. The van der Waals surface area contributed by atoms with Crippen molar-refractivity contribution in [1.82, 2.24) is 15.5 Å². The zero-order valence-electron chi connectivity index (χ0n) is 27.4. The van der Waals surface area contributed by atoms with Crippen molar-refractivity contribution >= 4 is 47.1 Å². The van der Waals surface area contributed by atoms with Gasteiger partial charge in [-0.25, -0.2) is 4.79 Å². The monoisotopic (exact) mass is 641 g/mol. The summed E-state index contributed by atoms with van der Waals surface area (Å²) in [5, 5.41) is 8.09. The number of nitrogens with one attached hydrogen (secondary N) is 3. The first-order chi connectivity index (χ1) is 21.6. The van der Waals surface area contributed by atoms with Gasteiger partial charge in [-0.3, -0.25) is 33.7 Å². The second-order valence-electron chi connectivity index (χ2n) is 12.7. The smallest absolute Gasteiger partial charge is 0.312 e. The Morgan fingerprint density at radius 1 is 0.935 bits per heavy atom. The lowest BCUT2D eigenvalue weighted by Crippen LogP contribution is -2.45. The number of esters is 1. The van der Waals surface area contributed by atoms with Crippen molar-refractivity contribution in [2.75, 3.05) is 18.4 Å². The minimum atomic E-state index is -0.826. The largest absolute Gasteiger partial charge is 0.460 e. The summed E-state index contributed by atoms with van der Waals surface area (Å²) in [7, 11) is 0. The molecule has 0 saturated heterocycles. The average Bonchev–Trinajstić information content (AvgIpc) is 3.30. The zero-order valence-corrected chi connectivity index (χ0v) is 27.4. The van der Waals surface area contributed by atoms with Crippen molar-refractivity contribution < 1.29 is 38.3 Å². The standard InChI is InChI=1S/C33H47N5O8/c1-21(2)29(37-26(40)10-6-7-18-38-27(41)15-16-28(38)42)25(39)19-23(9-8-17-35-32(34)45)30(43)36-24-13-11-22(12-14-24)20-46-31(44)33(3,4)5/h11-16,21,23,29H,6-10,17-20H2,1-5H3,(H,36,43)(H,37,40)(H3,34,35,45)/t23-,29+/m1/s1. The summed E-state index contributed by atoms with van der Waals surface area (Å²) in [5.74, 6) is -3.12. The molecule has 13 heteroatoms. The number of primary amides is 1. The summed E-state index contributed by atoms with van der Waals surface area (Å²) < 4.78 is 5.33. The third-order valence-corrected chi connectivity index (χ3v) is 7.32. The quantitative estimate of drug-likeness (QED) is 0.107. The lowest BCUT2D eigenvalue weighted by atomic mass is 9.89. The van der Waals surface area contributed by atoms with Gasteiger partial charge in [0.2, 0.25) is 11.8 Å². The number of ketones is 1. The van der Waals surface area contributed by atoms with Crippen LogP contribution < -0.4 is 21.7 Å². The van der Waals surface area contributed by atoms with Crippen molar-refractivity contribution in [2.24, 2.45) is 23.0 Å². The molecule has 2 atom stereocenters. The lowest BCUT2D eigenvalue weighted by Gasteiger charge is -2.24. The Kier molecular flexibility index (Phi) is 14.6. The molecule has 1 aliphatic rings. The molecule has 5 N–H and O–H groups in total. The Balaban J connectivity index is 1.98. The Morgan fingerprint density at radius 2 is 1.57 bits per heavy atom. The maximum absolute atomic E-state index is 13.4. The Bertz CT molecular complexity index is 1280. The van der Waals surface area contributed by atoms with Crippen LogP contribution in [0, 0.1) is 17.3 Å². The van der Waals surface area contributed by atoms with Crippen LogP contribution in [0.4, 0.5) is 10.5 Å². The van der Waals surface area contributed by atoms with Gasteiger partial charge in [-0.2, -0.15) is 0 Å². The van der Waals surface area contributed by atoms with Crippen LogP contribution in [0.15, 0.2) is 36.4 Å². The molecular formula is C33H47N5O8. The highest BCUT2D eigenvalue weighted by atomic mass is 16.5. The number of urea groups is 1. The summed E-state index contributed by atoms with van der Waals surface area (Å²) in [4.78, 5) is 87.1. The number of nitrogens with two attached hydrogens (primary N) is 1. The first-order valence-electron chi connectivity index (χ1n) is 15.5. The van der Waals surface area contributed by atoms with Gasteiger partial charge >= 0.3 is 12.0 Å². The third-order valence-electron chi connectivity index (χ3n) is 7.32. The van der Waals surface area contributed by atoms with Crippen LogP contribution >= 0.6 is 0 Å². The summed E-state index contributed by atoms with van der Waals surface area (Å²) in [5.41, 5.74) is 5.75. The molecule has 0 spiro atoms. The number of ether oxygens (including phenoxy) is 1. The molecule has 13 nitrogen and oxygen atoms in total. The summed E-state index contributed by atoms with van der Waals surface area (Å²) >= 11 is 0. The van der Waals surface area contributed by atoms with Gasteiger partial charge in [0.05, 0.1) is 11.5 Å². The van der Waals surface area contributed by atoms with E-state index in [1.54, 1.807) is 58.9 Å². The second kappa shape index (κ2) is 17.8. The SMILES string of the molecule is CC(C)[C@H](NC(=O)CCCCN1C(=O)C=CC1=O)C(=O)C[C@@H](CCCNC(N)=O)C(=O)Nc1ccc(COC(=O)C(C)(C)C)cc1. The van der Waals surface area contributed by atoms with E-state index >= 15 is 0 Å². The minimum absolute atomic E-state index is 0.0892. The van der Waals surface area contributed by atoms with E-state index in [0.717, 1.165) is 10.5 Å². The molecular weight excluding hydrogens is 594 g/mol. The molecule has 252 valence electrons. The number of rotatable bonds is 18. The van der Waals surface area contributed by atoms with E-state index in [-0.39, 0.29) is 74.4 Å². The van der Waals surface area contributed by atoms with E-state index in [0.29, 0.717) is 24.9 Å². The Hall–Kier alpha value is -4.55. The van der Waals surface area contributed by atoms with Crippen molar-refractivity contribution in [3.63, 3.8) is 0 Å². The number of imide groups is 1. The van der Waals surface area contributed by atoms with Gasteiger partial charge in [0.1, 0.15) is 6.61 Å². The molecule has 0 radical (unpaired) electrons. The van der Waals surface area contributed by atoms with Crippen LogP contribution in [0.2, 0.25) is 0 Å². The number of nitrogens with zero attached hydrogens (tertiary/aromatic N) is 1. The van der Waals surface area contributed by atoms with Crippen LogP contribution in [-0.4, -0.2) is 65.4 Å². The molecule has 46 heavy (non-hydrogen) atoms. The van der Waals surface area contributed by atoms with E-state index < -0.39 is 29.3 Å². The first kappa shape index (κ1) is 37.6. The van der Waals surface area contributed by atoms with Crippen molar-refractivity contribution in [1.29, 1.82) is 0 Å². The Labute approximate surface area is 270 Å². The second-order valence-corrected chi connectivity index (χ2v) is 12.7. The fourth-order valence-corrected chi connectivity index (χ4v) is 4.62. The van der Waals surface area contributed by atoms with Crippen molar-refractivity contribution in [2.45, 2.75) is 85.8 Å². The normalized spacial score (nSPS) is 14.2. The molecule has 0 aliphatic carbocycles. The number of anilines is 1. The van der Waals surface area contributed by atoms with Crippen LogP contribution in [-0.2, 0) is 40.1 Å². The van der Waals surface area contributed by atoms with Crippen LogP contribution in [0.25, 0.3) is 0 Å². The third kappa shape index (κ3) is 12.8. The highest BCUT2D eigenvalue weighted by Gasteiger charge is 2.30. The van der Waals surface area contributed by atoms with Gasteiger partial charge in [0.15, 0.2) is 5.78 Å². The molecule has 0 unspecified atom stereocenters.